The van der Waals surface area contributed by atoms with Gasteiger partial charge in [-0.25, -0.2) is 4.79 Å². The fourth-order valence-corrected chi connectivity index (χ4v) is 3.41. The predicted molar refractivity (Wildman–Crippen MR) is 90.6 cm³/mol. The van der Waals surface area contributed by atoms with Crippen LogP contribution in [0.25, 0.3) is 0 Å². The molecule has 14 nitrogen and oxygen atoms in total. The molecule has 2 saturated heterocycles. The lowest BCUT2D eigenvalue weighted by molar-refractivity contribution is -0.346. The van der Waals surface area contributed by atoms with E-state index < -0.39 is 92.6 Å². The Morgan fingerprint density at radius 2 is 1.77 bits per heavy atom. The van der Waals surface area contributed by atoms with Gasteiger partial charge < -0.3 is 64.9 Å². The number of carboxylic acids is 1. The Morgan fingerprint density at radius 1 is 1.13 bits per heavy atom. The smallest absolute Gasteiger partial charge is 0.364 e. The fourth-order valence-electron chi connectivity index (χ4n) is 3.41. The third-order valence-corrected chi connectivity index (χ3v) is 5.19. The molecule has 0 bridgehead atoms. The highest BCUT2D eigenvalue weighted by atomic mass is 16.7. The van der Waals surface area contributed by atoms with Crippen molar-refractivity contribution in [3.8, 4) is 0 Å². The first-order chi connectivity index (χ1) is 14.0. The summed E-state index contributed by atoms with van der Waals surface area (Å²) in [5.74, 6) is -4.34. The second-order valence-electron chi connectivity index (χ2n) is 7.20. The maximum atomic E-state index is 11.9. The van der Waals surface area contributed by atoms with Crippen molar-refractivity contribution in [1.29, 1.82) is 0 Å². The molecule has 176 valence electrons. The summed E-state index contributed by atoms with van der Waals surface area (Å²) in [7, 11) is 1.15. The molecule has 0 aliphatic carbocycles. The number of carbonyl (C=O) groups is 1. The first kappa shape index (κ1) is 25.3. The lowest BCUT2D eigenvalue weighted by atomic mass is 9.90. The summed E-state index contributed by atoms with van der Waals surface area (Å²) in [6.45, 7) is -1.67. The number of hydrogen-bond acceptors (Lipinski definition) is 13. The molecule has 0 radical (unpaired) electrons. The Labute approximate surface area is 170 Å². The molecule has 2 aliphatic heterocycles. The van der Waals surface area contributed by atoms with Gasteiger partial charge in [0.05, 0.1) is 19.3 Å². The summed E-state index contributed by atoms with van der Waals surface area (Å²) < 4.78 is 20.5. The van der Waals surface area contributed by atoms with Gasteiger partial charge in [-0.3, -0.25) is 0 Å². The SMILES string of the molecule is CO[C@H]1[C@H]([C@H](O)[C@H](O)CO)O[C@@](OC[C@H]2O[C@@H](O)[C@H](O)[C@@H](O)[C@H]2O)(C(=O)O)C[C@@H]1O. The fraction of sp³-hybridized carbons (Fsp3) is 0.938. The normalized spacial score (nSPS) is 44.4. The third kappa shape index (κ3) is 4.90. The summed E-state index contributed by atoms with van der Waals surface area (Å²) in [5, 5.41) is 87.7. The number of aliphatic hydroxyl groups excluding tert-OH is 8. The molecule has 0 aromatic rings. The Bertz CT molecular complexity index is 576. The minimum absolute atomic E-state index is 0.699. The van der Waals surface area contributed by atoms with Gasteiger partial charge in [-0.05, 0) is 0 Å². The molecule has 11 atom stereocenters. The summed E-state index contributed by atoms with van der Waals surface area (Å²) in [6, 6.07) is 0. The van der Waals surface area contributed by atoms with E-state index in [1.807, 2.05) is 0 Å². The van der Waals surface area contributed by atoms with Gasteiger partial charge in [0, 0.05) is 13.5 Å². The van der Waals surface area contributed by atoms with Gasteiger partial charge in [-0.15, -0.1) is 0 Å². The van der Waals surface area contributed by atoms with Crippen molar-refractivity contribution in [2.45, 2.75) is 73.4 Å². The largest absolute Gasteiger partial charge is 0.477 e. The van der Waals surface area contributed by atoms with Crippen LogP contribution >= 0.6 is 0 Å². The molecule has 2 rings (SSSR count). The van der Waals surface area contributed by atoms with E-state index in [9.17, 15) is 45.6 Å². The molecule has 2 aliphatic rings. The van der Waals surface area contributed by atoms with E-state index >= 15 is 0 Å². The molecule has 0 unspecified atom stereocenters. The van der Waals surface area contributed by atoms with Crippen LogP contribution in [0.5, 0.6) is 0 Å². The van der Waals surface area contributed by atoms with E-state index in [4.69, 9.17) is 24.1 Å². The number of carboxylic acid groups (broad SMARTS) is 1. The van der Waals surface area contributed by atoms with Crippen LogP contribution in [0.4, 0.5) is 0 Å². The maximum Gasteiger partial charge on any atom is 0.364 e. The zero-order chi connectivity index (χ0) is 22.8. The standard InChI is InChI=1S/C16H28O14/c1-27-12-5(18)2-16(15(25)26,30-13(12)8(20)6(19)3-17)28-4-7-9(21)10(22)11(23)14(24)29-7/h5-14,17-24H,2-4H2,1H3,(H,25,26)/t5-,6+,7+,8+,9-,10-,11+,12+,13-,14+,16+/m0/s1. The summed E-state index contributed by atoms with van der Waals surface area (Å²) >= 11 is 0. The molecular formula is C16H28O14. The van der Waals surface area contributed by atoms with Crippen molar-refractivity contribution < 1.29 is 69.7 Å². The highest BCUT2D eigenvalue weighted by Gasteiger charge is 2.56. The lowest BCUT2D eigenvalue weighted by Gasteiger charge is -2.46. The van der Waals surface area contributed by atoms with Crippen molar-refractivity contribution >= 4 is 5.97 Å². The zero-order valence-corrected chi connectivity index (χ0v) is 16.0. The Kier molecular flexibility index (Phi) is 8.48. The van der Waals surface area contributed by atoms with Crippen LogP contribution in [-0.4, -0.2) is 139 Å². The second kappa shape index (κ2) is 10.1. The average Bonchev–Trinajstić information content (AvgIpc) is 2.72. The third-order valence-electron chi connectivity index (χ3n) is 5.19. The van der Waals surface area contributed by atoms with Crippen LogP contribution in [0.2, 0.25) is 0 Å². The van der Waals surface area contributed by atoms with Gasteiger partial charge in [0.2, 0.25) is 0 Å². The van der Waals surface area contributed by atoms with E-state index in [-0.39, 0.29) is 0 Å². The molecule has 2 heterocycles. The highest BCUT2D eigenvalue weighted by molar-refractivity contribution is 5.76. The second-order valence-corrected chi connectivity index (χ2v) is 7.20. The minimum Gasteiger partial charge on any atom is -0.477 e. The first-order valence-electron chi connectivity index (χ1n) is 9.09. The first-order valence-corrected chi connectivity index (χ1v) is 9.09. The molecule has 9 N–H and O–H groups in total. The number of aliphatic hydroxyl groups is 8. The van der Waals surface area contributed by atoms with Crippen LogP contribution in [0.1, 0.15) is 6.42 Å². The predicted octanol–water partition coefficient (Wildman–Crippen LogP) is -5.54. The average molecular weight is 444 g/mol. The van der Waals surface area contributed by atoms with Gasteiger partial charge in [0.15, 0.2) is 6.29 Å². The molecule has 2 fully saturated rings. The van der Waals surface area contributed by atoms with Gasteiger partial charge in [-0.2, -0.15) is 0 Å². The number of ether oxygens (including phenoxy) is 4. The van der Waals surface area contributed by atoms with Gasteiger partial charge in [-0.1, -0.05) is 0 Å². The van der Waals surface area contributed by atoms with Crippen molar-refractivity contribution in [3.05, 3.63) is 0 Å². The Morgan fingerprint density at radius 3 is 2.30 bits per heavy atom. The van der Waals surface area contributed by atoms with Crippen LogP contribution in [-0.2, 0) is 23.7 Å². The van der Waals surface area contributed by atoms with E-state index in [1.54, 1.807) is 0 Å². The van der Waals surface area contributed by atoms with Crippen molar-refractivity contribution in [1.82, 2.24) is 0 Å². The number of aliphatic carboxylic acids is 1. The minimum atomic E-state index is -2.61. The molecule has 0 spiro atoms. The molecule has 0 saturated carbocycles. The van der Waals surface area contributed by atoms with Gasteiger partial charge >= 0.3 is 5.97 Å². The Hall–Kier alpha value is -1.01. The monoisotopic (exact) mass is 444 g/mol. The van der Waals surface area contributed by atoms with Crippen LogP contribution in [0, 0.1) is 0 Å². The number of methoxy groups -OCH3 is 1. The molecular weight excluding hydrogens is 416 g/mol. The number of rotatable bonds is 8. The van der Waals surface area contributed by atoms with E-state index in [1.165, 1.54) is 0 Å². The Balaban J connectivity index is 2.22. The lowest BCUT2D eigenvalue weighted by Crippen LogP contribution is -2.65. The molecule has 0 aromatic heterocycles. The van der Waals surface area contributed by atoms with Crippen molar-refractivity contribution in [3.63, 3.8) is 0 Å². The summed E-state index contributed by atoms with van der Waals surface area (Å²) in [5.41, 5.74) is 0. The molecule has 30 heavy (non-hydrogen) atoms. The molecule has 14 heteroatoms. The number of hydrogen-bond donors (Lipinski definition) is 9. The molecule has 0 amide bonds. The highest BCUT2D eigenvalue weighted by Crippen LogP contribution is 2.35. The van der Waals surface area contributed by atoms with Gasteiger partial charge in [0.1, 0.15) is 48.8 Å². The van der Waals surface area contributed by atoms with Gasteiger partial charge in [0.25, 0.3) is 5.79 Å². The van der Waals surface area contributed by atoms with E-state index in [2.05, 4.69) is 0 Å². The van der Waals surface area contributed by atoms with E-state index in [0.717, 1.165) is 7.11 Å². The summed E-state index contributed by atoms with van der Waals surface area (Å²) in [6.07, 6.45) is -17.5. The van der Waals surface area contributed by atoms with Crippen molar-refractivity contribution in [2.75, 3.05) is 20.3 Å². The van der Waals surface area contributed by atoms with Crippen LogP contribution in [0.3, 0.4) is 0 Å². The summed E-state index contributed by atoms with van der Waals surface area (Å²) in [4.78, 5) is 11.9. The van der Waals surface area contributed by atoms with E-state index in [0.29, 0.717) is 0 Å². The van der Waals surface area contributed by atoms with Crippen LogP contribution in [0.15, 0.2) is 0 Å². The topological polar surface area (TPSA) is 236 Å². The quantitative estimate of drug-likeness (QED) is 0.170. The zero-order valence-electron chi connectivity index (χ0n) is 16.0. The van der Waals surface area contributed by atoms with Crippen molar-refractivity contribution in [2.24, 2.45) is 0 Å². The van der Waals surface area contributed by atoms with Crippen LogP contribution < -0.4 is 0 Å². The molecule has 0 aromatic carbocycles. The maximum absolute atomic E-state index is 11.9.